The molecule has 0 aliphatic heterocycles. The third-order valence-corrected chi connectivity index (χ3v) is 3.73. The molecule has 104 valence electrons. The number of halogens is 2. The van der Waals surface area contributed by atoms with E-state index in [9.17, 15) is 4.79 Å². The number of carbonyl (C=O) groups is 1. The molecular weight excluding hydrogens is 400 g/mol. The van der Waals surface area contributed by atoms with Gasteiger partial charge in [0.15, 0.2) is 5.82 Å². The summed E-state index contributed by atoms with van der Waals surface area (Å²) in [4.78, 5) is 24.7. The van der Waals surface area contributed by atoms with E-state index >= 15 is 0 Å². The molecule has 0 bridgehead atoms. The molecule has 0 aliphatic carbocycles. The number of carbonyl (C=O) groups excluding carboxylic acids is 1. The minimum absolute atomic E-state index is 0.252. The minimum atomic E-state index is -0.252. The largest absolute Gasteiger partial charge is 0.304 e. The lowest BCUT2D eigenvalue weighted by atomic mass is 10.1. The van der Waals surface area contributed by atoms with Gasteiger partial charge in [-0.05, 0) is 56.1 Å². The smallest absolute Gasteiger partial charge is 0.256 e. The van der Waals surface area contributed by atoms with Gasteiger partial charge in [-0.25, -0.2) is 9.97 Å². The summed E-state index contributed by atoms with van der Waals surface area (Å²) in [5.74, 6) is 0.118. The van der Waals surface area contributed by atoms with Gasteiger partial charge in [-0.3, -0.25) is 9.78 Å². The van der Waals surface area contributed by atoms with E-state index in [1.165, 1.54) is 6.20 Å². The number of hydrogen-bond acceptors (Lipinski definition) is 4. The Morgan fingerprint density at radius 3 is 2.81 bits per heavy atom. The molecule has 2 aromatic heterocycles. The molecule has 0 atom stereocenters. The molecule has 21 heavy (non-hydrogen) atoms. The van der Waals surface area contributed by atoms with Crippen LogP contribution in [0.3, 0.4) is 0 Å². The van der Waals surface area contributed by atoms with Crippen LogP contribution in [0.2, 0.25) is 0 Å². The van der Waals surface area contributed by atoms with Crippen molar-refractivity contribution < 1.29 is 4.79 Å². The van der Waals surface area contributed by atoms with Gasteiger partial charge in [0.25, 0.3) is 5.91 Å². The maximum absolute atomic E-state index is 12.3. The second-order valence-corrected chi connectivity index (χ2v) is 5.76. The van der Waals surface area contributed by atoms with Gasteiger partial charge in [0.2, 0.25) is 0 Å². The average Bonchev–Trinajstić information content (AvgIpc) is 2.49. The van der Waals surface area contributed by atoms with Crippen molar-refractivity contribution in [2.75, 3.05) is 5.32 Å². The van der Waals surface area contributed by atoms with Gasteiger partial charge in [0, 0.05) is 17.1 Å². The summed E-state index contributed by atoms with van der Waals surface area (Å²) in [6, 6.07) is 9.07. The monoisotopic (exact) mass is 406 g/mol. The fourth-order valence-electron chi connectivity index (χ4n) is 1.83. The van der Waals surface area contributed by atoms with Gasteiger partial charge >= 0.3 is 0 Å². The molecule has 0 fully saturated rings. The highest BCUT2D eigenvalue weighted by Gasteiger charge is 2.11. The summed E-state index contributed by atoms with van der Waals surface area (Å²) in [7, 11) is 0. The molecule has 0 spiro atoms. The molecule has 2 heterocycles. The number of amides is 1. The Labute approximate surface area is 137 Å². The second-order valence-electron chi connectivity index (χ2n) is 4.20. The highest BCUT2D eigenvalue weighted by molar-refractivity contribution is 9.11. The van der Waals surface area contributed by atoms with Crippen molar-refractivity contribution in [1.82, 2.24) is 15.0 Å². The molecule has 7 heteroatoms. The van der Waals surface area contributed by atoms with Crippen molar-refractivity contribution in [2.24, 2.45) is 0 Å². The topological polar surface area (TPSA) is 67.8 Å². The highest BCUT2D eigenvalue weighted by Crippen LogP contribution is 2.20. The van der Waals surface area contributed by atoms with Crippen LogP contribution in [0.25, 0.3) is 10.9 Å². The van der Waals surface area contributed by atoms with Crippen molar-refractivity contribution in [1.29, 1.82) is 0 Å². The molecule has 1 aromatic carbocycles. The lowest BCUT2D eigenvalue weighted by Crippen LogP contribution is -2.13. The number of aromatic nitrogens is 3. The van der Waals surface area contributed by atoms with E-state index in [-0.39, 0.29) is 5.91 Å². The Hall–Kier alpha value is -1.86. The predicted octanol–water partition coefficient (Wildman–Crippen LogP) is 3.80. The molecule has 0 saturated heterocycles. The van der Waals surface area contributed by atoms with Crippen LogP contribution in [0.15, 0.2) is 51.9 Å². The summed E-state index contributed by atoms with van der Waals surface area (Å²) in [6.07, 6.45) is 3.24. The van der Waals surface area contributed by atoms with Crippen molar-refractivity contribution in [3.05, 3.63) is 57.5 Å². The maximum Gasteiger partial charge on any atom is 0.256 e. The van der Waals surface area contributed by atoms with E-state index in [4.69, 9.17) is 0 Å². The van der Waals surface area contributed by atoms with Crippen LogP contribution < -0.4 is 5.32 Å². The highest BCUT2D eigenvalue weighted by atomic mass is 79.9. The first-order valence-corrected chi connectivity index (χ1v) is 7.56. The Bertz CT molecular complexity index is 838. The Morgan fingerprint density at radius 2 is 2.00 bits per heavy atom. The van der Waals surface area contributed by atoms with E-state index in [2.05, 4.69) is 52.1 Å². The molecule has 0 radical (unpaired) electrons. The van der Waals surface area contributed by atoms with Crippen LogP contribution in [0, 0.1) is 0 Å². The number of rotatable bonds is 2. The predicted molar refractivity (Wildman–Crippen MR) is 87.1 cm³/mol. The van der Waals surface area contributed by atoms with Crippen LogP contribution in [0.5, 0.6) is 0 Å². The molecule has 0 saturated carbocycles. The zero-order valence-corrected chi connectivity index (χ0v) is 13.7. The standard InChI is InChI=1S/C14H8Br2N4O/c15-11-7-18-13(12(16)19-11)20-14(21)9-3-4-10-8(6-9)2-1-5-17-10/h1-7H,(H,18,20,21). The van der Waals surface area contributed by atoms with Crippen molar-refractivity contribution in [3.63, 3.8) is 0 Å². The Kier molecular flexibility index (Phi) is 3.94. The molecule has 1 amide bonds. The molecule has 3 aromatic rings. The van der Waals surface area contributed by atoms with E-state index < -0.39 is 0 Å². The number of nitrogens with one attached hydrogen (secondary N) is 1. The number of hydrogen-bond donors (Lipinski definition) is 1. The first-order chi connectivity index (χ1) is 10.1. The molecule has 0 aliphatic rings. The minimum Gasteiger partial charge on any atom is -0.304 e. The summed E-state index contributed by atoms with van der Waals surface area (Å²) in [5, 5.41) is 3.63. The SMILES string of the molecule is O=C(Nc1ncc(Br)nc1Br)c1ccc2ncccc2c1. The fraction of sp³-hybridized carbons (Fsp3) is 0. The van der Waals surface area contributed by atoms with Crippen LogP contribution >= 0.6 is 31.9 Å². The summed E-state index contributed by atoms with van der Waals surface area (Å²) < 4.78 is 1.05. The second kappa shape index (κ2) is 5.87. The summed E-state index contributed by atoms with van der Waals surface area (Å²) in [5.41, 5.74) is 1.38. The molecule has 0 unspecified atom stereocenters. The average molecular weight is 408 g/mol. The molecule has 3 rings (SSSR count). The first-order valence-electron chi connectivity index (χ1n) is 5.97. The quantitative estimate of drug-likeness (QED) is 0.701. The zero-order valence-electron chi connectivity index (χ0n) is 10.5. The van der Waals surface area contributed by atoms with E-state index in [1.807, 2.05) is 18.2 Å². The first kappa shape index (κ1) is 14.1. The maximum atomic E-state index is 12.3. The number of anilines is 1. The summed E-state index contributed by atoms with van der Waals surface area (Å²) >= 11 is 6.47. The van der Waals surface area contributed by atoms with Gasteiger partial charge in [0.05, 0.1) is 11.7 Å². The van der Waals surface area contributed by atoms with Crippen LogP contribution in [-0.2, 0) is 0 Å². The van der Waals surface area contributed by atoms with Crippen LogP contribution in [0.4, 0.5) is 5.82 Å². The third-order valence-electron chi connectivity index (χ3n) is 2.80. The number of fused-ring (bicyclic) bond motifs is 1. The molecule has 5 nitrogen and oxygen atoms in total. The van der Waals surface area contributed by atoms with Crippen LogP contribution in [-0.4, -0.2) is 20.9 Å². The van der Waals surface area contributed by atoms with E-state index in [0.29, 0.717) is 20.6 Å². The third kappa shape index (κ3) is 3.08. The van der Waals surface area contributed by atoms with Gasteiger partial charge < -0.3 is 5.32 Å². The van der Waals surface area contributed by atoms with Crippen molar-refractivity contribution in [2.45, 2.75) is 0 Å². The van der Waals surface area contributed by atoms with Gasteiger partial charge in [-0.2, -0.15) is 0 Å². The van der Waals surface area contributed by atoms with E-state index in [0.717, 1.165) is 10.9 Å². The van der Waals surface area contributed by atoms with Gasteiger partial charge in [-0.1, -0.05) is 6.07 Å². The van der Waals surface area contributed by atoms with Gasteiger partial charge in [-0.15, -0.1) is 0 Å². The number of nitrogens with zero attached hydrogens (tertiary/aromatic N) is 3. The lowest BCUT2D eigenvalue weighted by molar-refractivity contribution is 0.102. The van der Waals surface area contributed by atoms with E-state index in [1.54, 1.807) is 18.3 Å². The van der Waals surface area contributed by atoms with Crippen molar-refractivity contribution in [3.8, 4) is 0 Å². The number of pyridine rings is 1. The summed E-state index contributed by atoms with van der Waals surface area (Å²) in [6.45, 7) is 0. The molecule has 1 N–H and O–H groups in total. The Morgan fingerprint density at radius 1 is 1.14 bits per heavy atom. The zero-order chi connectivity index (χ0) is 14.8. The number of benzene rings is 1. The van der Waals surface area contributed by atoms with Gasteiger partial charge in [0.1, 0.15) is 9.21 Å². The van der Waals surface area contributed by atoms with Crippen molar-refractivity contribution >= 4 is 54.5 Å². The normalized spacial score (nSPS) is 10.6. The lowest BCUT2D eigenvalue weighted by Gasteiger charge is -2.06. The molecular formula is C14H8Br2N4O. The Balaban J connectivity index is 1.89. The van der Waals surface area contributed by atoms with Crippen LogP contribution in [0.1, 0.15) is 10.4 Å². The fourth-order valence-corrected chi connectivity index (χ4v) is 2.74.